The number of rotatable bonds is 6. The molecule has 0 spiro atoms. The average Bonchev–Trinajstić information content (AvgIpc) is 2.47. The second kappa shape index (κ2) is 6.79. The lowest BCUT2D eigenvalue weighted by Crippen LogP contribution is -2.05. The number of hydrogen-bond donors (Lipinski definition) is 1. The van der Waals surface area contributed by atoms with Crippen LogP contribution in [0.1, 0.15) is 19.0 Å². The zero-order chi connectivity index (χ0) is 14.4. The second-order valence-electron chi connectivity index (χ2n) is 4.18. The molecule has 0 unspecified atom stereocenters. The summed E-state index contributed by atoms with van der Waals surface area (Å²) >= 11 is 0. The maximum atomic E-state index is 13.3. The molecule has 1 N–H and O–H groups in total. The number of ether oxygens (including phenoxy) is 1. The summed E-state index contributed by atoms with van der Waals surface area (Å²) in [5, 5.41) is 3.09. The van der Waals surface area contributed by atoms with Crippen LogP contribution in [-0.4, -0.2) is 16.5 Å². The van der Waals surface area contributed by atoms with Crippen molar-refractivity contribution in [3.8, 4) is 5.75 Å². The van der Waals surface area contributed by atoms with Crippen LogP contribution in [0.3, 0.4) is 0 Å². The number of hydrogen-bond acceptors (Lipinski definition) is 4. The van der Waals surface area contributed by atoms with Crippen molar-refractivity contribution < 1.29 is 13.5 Å². The normalized spacial score (nSPS) is 10.3. The van der Waals surface area contributed by atoms with E-state index in [0.717, 1.165) is 31.2 Å². The number of benzene rings is 1. The van der Waals surface area contributed by atoms with E-state index in [9.17, 15) is 8.78 Å². The van der Waals surface area contributed by atoms with Crippen molar-refractivity contribution in [2.75, 3.05) is 11.9 Å². The summed E-state index contributed by atoms with van der Waals surface area (Å²) < 4.78 is 31.5. The highest BCUT2D eigenvalue weighted by atomic mass is 19.1. The Labute approximate surface area is 115 Å². The highest BCUT2D eigenvalue weighted by molar-refractivity contribution is 5.31. The molecule has 0 aliphatic carbocycles. The van der Waals surface area contributed by atoms with Gasteiger partial charge in [0, 0.05) is 12.6 Å². The van der Waals surface area contributed by atoms with Crippen molar-refractivity contribution >= 4 is 5.82 Å². The van der Waals surface area contributed by atoms with Crippen LogP contribution >= 0.6 is 0 Å². The van der Waals surface area contributed by atoms with Crippen LogP contribution in [0.2, 0.25) is 0 Å². The van der Waals surface area contributed by atoms with Crippen LogP contribution in [0.4, 0.5) is 14.6 Å². The monoisotopic (exact) mass is 279 g/mol. The molecule has 20 heavy (non-hydrogen) atoms. The van der Waals surface area contributed by atoms with Gasteiger partial charge in [-0.25, -0.2) is 13.8 Å². The Kier molecular flexibility index (Phi) is 4.81. The van der Waals surface area contributed by atoms with Gasteiger partial charge in [0.1, 0.15) is 18.2 Å². The Morgan fingerprint density at radius 1 is 1.20 bits per heavy atom. The third-order valence-corrected chi connectivity index (χ3v) is 2.53. The maximum absolute atomic E-state index is 13.3. The summed E-state index contributed by atoms with van der Waals surface area (Å²) in [5.41, 5.74) is 0.538. The number of aromatic nitrogens is 2. The zero-order valence-electron chi connectivity index (χ0n) is 11.1. The molecule has 1 aromatic carbocycles. The minimum Gasteiger partial charge on any atom is -0.484 e. The van der Waals surface area contributed by atoms with Crippen LogP contribution < -0.4 is 10.1 Å². The molecular formula is C14H15F2N3O. The fourth-order valence-corrected chi connectivity index (χ4v) is 1.51. The molecule has 0 radical (unpaired) electrons. The first-order valence-electron chi connectivity index (χ1n) is 6.31. The van der Waals surface area contributed by atoms with Crippen molar-refractivity contribution in [1.82, 2.24) is 9.97 Å². The minimum atomic E-state index is -0.611. The first-order chi connectivity index (χ1) is 9.69. The molecule has 0 saturated carbocycles. The highest BCUT2D eigenvalue weighted by Gasteiger charge is 2.06. The van der Waals surface area contributed by atoms with Gasteiger partial charge < -0.3 is 10.1 Å². The molecule has 0 atom stereocenters. The quantitative estimate of drug-likeness (QED) is 0.882. The number of nitrogens with zero attached hydrogens (tertiary/aromatic N) is 2. The predicted molar refractivity (Wildman–Crippen MR) is 71.5 cm³/mol. The first kappa shape index (κ1) is 14.2. The topological polar surface area (TPSA) is 47.0 Å². The maximum Gasteiger partial charge on any atom is 0.165 e. The third kappa shape index (κ3) is 3.88. The summed E-state index contributed by atoms with van der Waals surface area (Å²) in [5.74, 6) is -0.625. The molecule has 0 saturated heterocycles. The molecular weight excluding hydrogens is 264 g/mol. The molecule has 0 amide bonds. The molecule has 6 heteroatoms. The van der Waals surface area contributed by atoms with E-state index in [1.165, 1.54) is 6.20 Å². The Balaban J connectivity index is 1.95. The molecule has 2 aromatic rings. The Morgan fingerprint density at radius 2 is 2.05 bits per heavy atom. The average molecular weight is 279 g/mol. The SMILES string of the molecule is CCCNc1cnc(COc2cc(F)ccc2F)cn1. The van der Waals surface area contributed by atoms with Crippen LogP contribution in [0.5, 0.6) is 5.75 Å². The van der Waals surface area contributed by atoms with Gasteiger partial charge in [0.25, 0.3) is 0 Å². The van der Waals surface area contributed by atoms with Crippen LogP contribution in [0, 0.1) is 11.6 Å². The standard InChI is InChI=1S/C14H15F2N3O/c1-2-5-17-14-8-18-11(7-19-14)9-20-13-6-10(15)3-4-12(13)16/h3-4,6-8H,2,5,9H2,1H3,(H,17,19). The van der Waals surface area contributed by atoms with Gasteiger partial charge in [-0.2, -0.15) is 0 Å². The van der Waals surface area contributed by atoms with Crippen molar-refractivity contribution in [2.45, 2.75) is 20.0 Å². The molecule has 106 valence electrons. The van der Waals surface area contributed by atoms with E-state index in [0.29, 0.717) is 11.5 Å². The van der Waals surface area contributed by atoms with Gasteiger partial charge in [-0.15, -0.1) is 0 Å². The first-order valence-corrected chi connectivity index (χ1v) is 6.31. The smallest absolute Gasteiger partial charge is 0.165 e. The number of nitrogens with one attached hydrogen (secondary N) is 1. The molecule has 1 heterocycles. The van der Waals surface area contributed by atoms with E-state index in [-0.39, 0.29) is 12.4 Å². The lowest BCUT2D eigenvalue weighted by atomic mass is 10.3. The van der Waals surface area contributed by atoms with Gasteiger partial charge in [-0.05, 0) is 18.6 Å². The van der Waals surface area contributed by atoms with E-state index in [1.807, 2.05) is 0 Å². The summed E-state index contributed by atoms with van der Waals surface area (Å²) in [6.45, 7) is 2.90. The molecule has 0 aliphatic rings. The fourth-order valence-electron chi connectivity index (χ4n) is 1.51. The molecule has 1 aromatic heterocycles. The van der Waals surface area contributed by atoms with Crippen molar-refractivity contribution in [3.05, 3.63) is 47.9 Å². The summed E-state index contributed by atoms with van der Waals surface area (Å²) in [6.07, 6.45) is 4.11. The third-order valence-electron chi connectivity index (χ3n) is 2.53. The molecule has 0 aliphatic heterocycles. The van der Waals surface area contributed by atoms with Gasteiger partial charge in [-0.3, -0.25) is 4.98 Å². The molecule has 2 rings (SSSR count). The van der Waals surface area contributed by atoms with E-state index < -0.39 is 11.6 Å². The number of anilines is 1. The van der Waals surface area contributed by atoms with Gasteiger partial charge in [0.15, 0.2) is 11.6 Å². The van der Waals surface area contributed by atoms with Crippen LogP contribution in [-0.2, 0) is 6.61 Å². The molecule has 0 fully saturated rings. The molecule has 0 bridgehead atoms. The minimum absolute atomic E-state index is 0.0292. The van der Waals surface area contributed by atoms with Gasteiger partial charge >= 0.3 is 0 Å². The van der Waals surface area contributed by atoms with Crippen LogP contribution in [0.15, 0.2) is 30.6 Å². The zero-order valence-corrected chi connectivity index (χ0v) is 11.1. The fraction of sp³-hybridized carbons (Fsp3) is 0.286. The van der Waals surface area contributed by atoms with Crippen molar-refractivity contribution in [2.24, 2.45) is 0 Å². The lowest BCUT2D eigenvalue weighted by Gasteiger charge is -2.07. The Morgan fingerprint density at radius 3 is 2.75 bits per heavy atom. The van der Waals surface area contributed by atoms with Gasteiger partial charge in [0.2, 0.25) is 0 Å². The van der Waals surface area contributed by atoms with Gasteiger partial charge in [-0.1, -0.05) is 6.92 Å². The Hall–Kier alpha value is -2.24. The highest BCUT2D eigenvalue weighted by Crippen LogP contribution is 2.19. The van der Waals surface area contributed by atoms with Gasteiger partial charge in [0.05, 0.1) is 18.1 Å². The van der Waals surface area contributed by atoms with Crippen molar-refractivity contribution in [1.29, 1.82) is 0 Å². The lowest BCUT2D eigenvalue weighted by molar-refractivity contribution is 0.283. The van der Waals surface area contributed by atoms with E-state index in [1.54, 1.807) is 6.20 Å². The molecule has 4 nitrogen and oxygen atoms in total. The van der Waals surface area contributed by atoms with E-state index in [4.69, 9.17) is 4.74 Å². The number of halogens is 2. The van der Waals surface area contributed by atoms with Crippen molar-refractivity contribution in [3.63, 3.8) is 0 Å². The van der Waals surface area contributed by atoms with E-state index >= 15 is 0 Å². The van der Waals surface area contributed by atoms with Crippen LogP contribution in [0.25, 0.3) is 0 Å². The summed E-state index contributed by atoms with van der Waals surface area (Å²) in [7, 11) is 0. The summed E-state index contributed by atoms with van der Waals surface area (Å²) in [4.78, 5) is 8.28. The largest absolute Gasteiger partial charge is 0.484 e. The summed E-state index contributed by atoms with van der Waals surface area (Å²) in [6, 6.07) is 3.06. The van der Waals surface area contributed by atoms with E-state index in [2.05, 4.69) is 22.2 Å². The second-order valence-corrected chi connectivity index (χ2v) is 4.18. The predicted octanol–water partition coefficient (Wildman–Crippen LogP) is 3.16. The Bertz CT molecular complexity index is 561.